The first kappa shape index (κ1) is 11.6. The van der Waals surface area contributed by atoms with Gasteiger partial charge in [-0.15, -0.1) is 0 Å². The van der Waals surface area contributed by atoms with Crippen molar-refractivity contribution in [2.75, 3.05) is 11.0 Å². The van der Waals surface area contributed by atoms with Crippen molar-refractivity contribution in [1.29, 1.82) is 0 Å². The van der Waals surface area contributed by atoms with E-state index >= 15 is 0 Å². The van der Waals surface area contributed by atoms with Gasteiger partial charge in [0.15, 0.2) is 5.15 Å². The molecule has 0 saturated heterocycles. The van der Waals surface area contributed by atoms with Crippen molar-refractivity contribution in [3.05, 3.63) is 21.3 Å². The second-order valence-corrected chi connectivity index (χ2v) is 4.34. The van der Waals surface area contributed by atoms with Gasteiger partial charge in [-0.25, -0.2) is 0 Å². The smallest absolute Gasteiger partial charge is 0.234 e. The Morgan fingerprint density at radius 3 is 2.62 bits per heavy atom. The minimum absolute atomic E-state index is 0.203. The van der Waals surface area contributed by atoms with Gasteiger partial charge < -0.3 is 4.74 Å². The Morgan fingerprint density at radius 1 is 1.31 bits per heavy atom. The van der Waals surface area contributed by atoms with Crippen LogP contribution in [0.3, 0.4) is 0 Å². The Hall–Kier alpha value is 0.550. The van der Waals surface area contributed by atoms with E-state index in [9.17, 15) is 0 Å². The van der Waals surface area contributed by atoms with Crippen LogP contribution in [-0.4, -0.2) is 16.0 Å². The van der Waals surface area contributed by atoms with E-state index in [-0.39, 0.29) is 5.15 Å². The molecular formula is C7H5Cl3INO. The highest BCUT2D eigenvalue weighted by Crippen LogP contribution is 2.30. The van der Waals surface area contributed by atoms with Crippen molar-refractivity contribution in [3.63, 3.8) is 0 Å². The van der Waals surface area contributed by atoms with Crippen LogP contribution in [0.5, 0.6) is 5.88 Å². The van der Waals surface area contributed by atoms with Gasteiger partial charge in [0.25, 0.3) is 0 Å². The third-order valence-electron chi connectivity index (χ3n) is 1.17. The molecule has 0 aliphatic rings. The van der Waals surface area contributed by atoms with Crippen LogP contribution < -0.4 is 4.74 Å². The fraction of sp³-hybridized carbons (Fsp3) is 0.286. The molecule has 0 bridgehead atoms. The maximum Gasteiger partial charge on any atom is 0.234 e. The Kier molecular flexibility index (Phi) is 4.86. The van der Waals surface area contributed by atoms with Crippen LogP contribution in [0.4, 0.5) is 0 Å². The largest absolute Gasteiger partial charge is 0.476 e. The Bertz CT molecular complexity index is 308. The summed E-state index contributed by atoms with van der Waals surface area (Å²) >= 11 is 19.4. The molecule has 0 unspecified atom stereocenters. The Labute approximate surface area is 105 Å². The van der Waals surface area contributed by atoms with Gasteiger partial charge >= 0.3 is 0 Å². The first-order valence-electron chi connectivity index (χ1n) is 3.35. The number of hydrogen-bond acceptors (Lipinski definition) is 2. The zero-order valence-corrected chi connectivity index (χ0v) is 10.8. The lowest BCUT2D eigenvalue weighted by molar-refractivity contribution is 0.333. The molecule has 1 rings (SSSR count). The van der Waals surface area contributed by atoms with Crippen LogP contribution in [0, 0.1) is 0 Å². The van der Waals surface area contributed by atoms with Crippen molar-refractivity contribution in [1.82, 2.24) is 4.98 Å². The SMILES string of the molecule is Clc1cc(Cl)c(OCCI)nc1Cl. The van der Waals surface area contributed by atoms with Crippen LogP contribution in [0.1, 0.15) is 0 Å². The molecular weight excluding hydrogens is 347 g/mol. The van der Waals surface area contributed by atoms with E-state index in [1.807, 2.05) is 0 Å². The van der Waals surface area contributed by atoms with E-state index in [0.717, 1.165) is 4.43 Å². The molecule has 0 fully saturated rings. The molecule has 0 aliphatic heterocycles. The monoisotopic (exact) mass is 351 g/mol. The van der Waals surface area contributed by atoms with Crippen molar-refractivity contribution in [2.24, 2.45) is 0 Å². The maximum absolute atomic E-state index is 5.80. The molecule has 6 heteroatoms. The summed E-state index contributed by atoms with van der Waals surface area (Å²) in [4.78, 5) is 3.89. The number of nitrogens with zero attached hydrogens (tertiary/aromatic N) is 1. The van der Waals surface area contributed by atoms with E-state index in [1.54, 1.807) is 0 Å². The Morgan fingerprint density at radius 2 is 2.00 bits per heavy atom. The van der Waals surface area contributed by atoms with Crippen LogP contribution in [0.2, 0.25) is 15.2 Å². The molecule has 0 spiro atoms. The van der Waals surface area contributed by atoms with E-state index in [1.165, 1.54) is 6.07 Å². The molecule has 0 N–H and O–H groups in total. The van der Waals surface area contributed by atoms with Crippen LogP contribution in [-0.2, 0) is 0 Å². The van der Waals surface area contributed by atoms with E-state index in [0.29, 0.717) is 22.5 Å². The normalized spacial score (nSPS) is 10.2. The van der Waals surface area contributed by atoms with Gasteiger partial charge in [-0.3, -0.25) is 0 Å². The first-order valence-corrected chi connectivity index (χ1v) is 6.01. The minimum Gasteiger partial charge on any atom is -0.476 e. The summed E-state index contributed by atoms with van der Waals surface area (Å²) in [6.45, 7) is 0.547. The second-order valence-electron chi connectivity index (χ2n) is 2.09. The summed E-state index contributed by atoms with van der Waals surface area (Å²) in [6, 6.07) is 1.51. The second kappa shape index (κ2) is 5.44. The van der Waals surface area contributed by atoms with Gasteiger partial charge in [0.1, 0.15) is 5.02 Å². The van der Waals surface area contributed by atoms with E-state index in [4.69, 9.17) is 39.5 Å². The average molecular weight is 352 g/mol. The molecule has 0 atom stereocenters. The highest BCUT2D eigenvalue weighted by molar-refractivity contribution is 14.1. The maximum atomic E-state index is 5.80. The number of alkyl halides is 1. The van der Waals surface area contributed by atoms with Crippen LogP contribution in [0.15, 0.2) is 6.07 Å². The molecule has 13 heavy (non-hydrogen) atoms. The summed E-state index contributed by atoms with van der Waals surface area (Å²) in [7, 11) is 0. The summed E-state index contributed by atoms with van der Waals surface area (Å²) in [5.41, 5.74) is 0. The summed E-state index contributed by atoms with van der Waals surface area (Å²) in [5, 5.41) is 0.905. The van der Waals surface area contributed by atoms with Crippen molar-refractivity contribution in [3.8, 4) is 5.88 Å². The molecule has 1 aromatic heterocycles. The third kappa shape index (κ3) is 3.31. The predicted molar refractivity (Wildman–Crippen MR) is 63.6 cm³/mol. The van der Waals surface area contributed by atoms with Gasteiger partial charge in [0, 0.05) is 4.43 Å². The molecule has 0 aliphatic carbocycles. The third-order valence-corrected chi connectivity index (χ3v) is 2.55. The lowest BCUT2D eigenvalue weighted by Crippen LogP contribution is -2.00. The average Bonchev–Trinajstić information content (AvgIpc) is 2.09. The number of halogens is 4. The molecule has 0 radical (unpaired) electrons. The zero-order valence-electron chi connectivity index (χ0n) is 6.36. The lowest BCUT2D eigenvalue weighted by atomic mass is 10.5. The first-order chi connectivity index (χ1) is 6.15. The van der Waals surface area contributed by atoms with Gasteiger partial charge in [0.05, 0.1) is 11.6 Å². The summed E-state index contributed by atoms with van der Waals surface area (Å²) in [6.07, 6.45) is 0. The minimum atomic E-state index is 0.203. The van der Waals surface area contributed by atoms with Crippen molar-refractivity contribution >= 4 is 57.4 Å². The van der Waals surface area contributed by atoms with E-state index in [2.05, 4.69) is 27.6 Å². The lowest BCUT2D eigenvalue weighted by Gasteiger charge is -2.05. The van der Waals surface area contributed by atoms with Crippen LogP contribution in [0.25, 0.3) is 0 Å². The van der Waals surface area contributed by atoms with Crippen LogP contribution >= 0.6 is 57.4 Å². The highest BCUT2D eigenvalue weighted by Gasteiger charge is 2.08. The molecule has 0 saturated carbocycles. The Balaban J connectivity index is 2.88. The standard InChI is InChI=1S/C7H5Cl3INO/c8-4-3-5(9)7(12-6(4)10)13-2-1-11/h3H,1-2H2. The molecule has 2 nitrogen and oxygen atoms in total. The van der Waals surface area contributed by atoms with Crippen molar-refractivity contribution < 1.29 is 4.74 Å². The molecule has 1 aromatic rings. The number of hydrogen-bond donors (Lipinski definition) is 0. The summed E-state index contributed by atoms with van der Waals surface area (Å²) in [5.74, 6) is 0.327. The number of ether oxygens (including phenoxy) is 1. The quantitative estimate of drug-likeness (QED) is 0.468. The molecule has 1 heterocycles. The number of aromatic nitrogens is 1. The van der Waals surface area contributed by atoms with Gasteiger partial charge in [-0.2, -0.15) is 4.98 Å². The van der Waals surface area contributed by atoms with Crippen molar-refractivity contribution in [2.45, 2.75) is 0 Å². The number of pyridine rings is 1. The van der Waals surface area contributed by atoms with Gasteiger partial charge in [-0.1, -0.05) is 57.4 Å². The van der Waals surface area contributed by atoms with E-state index < -0.39 is 0 Å². The van der Waals surface area contributed by atoms with Gasteiger partial charge in [-0.05, 0) is 6.07 Å². The highest BCUT2D eigenvalue weighted by atomic mass is 127. The molecule has 72 valence electrons. The fourth-order valence-electron chi connectivity index (χ4n) is 0.665. The topological polar surface area (TPSA) is 22.1 Å². The summed E-state index contributed by atoms with van der Waals surface area (Å²) < 4.78 is 6.09. The molecule has 0 aromatic carbocycles. The predicted octanol–water partition coefficient (Wildman–Crippen LogP) is 3.86. The van der Waals surface area contributed by atoms with Gasteiger partial charge in [0.2, 0.25) is 5.88 Å². The number of rotatable bonds is 3. The molecule has 0 amide bonds. The zero-order chi connectivity index (χ0) is 9.84. The fourth-order valence-corrected chi connectivity index (χ4v) is 1.43.